The molecule has 20 heavy (non-hydrogen) atoms. The quantitative estimate of drug-likeness (QED) is 0.764. The van der Waals surface area contributed by atoms with E-state index in [1.165, 1.54) is 4.90 Å². The molecule has 114 valence electrons. The first-order chi connectivity index (χ1) is 9.19. The Balaban J connectivity index is 2.20. The summed E-state index contributed by atoms with van der Waals surface area (Å²) in [5.74, 6) is -0.855. The van der Waals surface area contributed by atoms with E-state index in [0.717, 1.165) is 6.42 Å². The van der Waals surface area contributed by atoms with E-state index in [0.29, 0.717) is 19.3 Å². The fourth-order valence-electron chi connectivity index (χ4n) is 3.23. The standard InChI is InChI=1S/C14H23NO5/c1-14(2,3)20-13(19)15-10-7-9(16)5-4-8(10)6-11(15)12(17)18/h8-11,16H,4-7H2,1-3H3,(H,17,18)/t8-,9-,10-,11+/m1/s1. The van der Waals surface area contributed by atoms with Gasteiger partial charge in [0.1, 0.15) is 11.6 Å². The minimum atomic E-state index is -1.00. The lowest BCUT2D eigenvalue weighted by Gasteiger charge is -2.35. The highest BCUT2D eigenvalue weighted by Gasteiger charge is 2.50. The van der Waals surface area contributed by atoms with Crippen LogP contribution in [0.3, 0.4) is 0 Å². The van der Waals surface area contributed by atoms with Gasteiger partial charge in [-0.3, -0.25) is 4.90 Å². The molecule has 2 fully saturated rings. The van der Waals surface area contributed by atoms with Gasteiger partial charge in [-0.25, -0.2) is 9.59 Å². The number of aliphatic hydroxyl groups excluding tert-OH is 1. The van der Waals surface area contributed by atoms with Crippen molar-refractivity contribution in [2.24, 2.45) is 5.92 Å². The second-order valence-corrected chi connectivity index (χ2v) is 6.77. The molecule has 6 heteroatoms. The largest absolute Gasteiger partial charge is 0.480 e. The lowest BCUT2D eigenvalue weighted by Crippen LogP contribution is -2.49. The van der Waals surface area contributed by atoms with Crippen molar-refractivity contribution in [1.82, 2.24) is 4.90 Å². The lowest BCUT2D eigenvalue weighted by molar-refractivity contribution is -0.142. The predicted octanol–water partition coefficient (Wildman–Crippen LogP) is 1.61. The first-order valence-electron chi connectivity index (χ1n) is 7.11. The second kappa shape index (κ2) is 5.24. The van der Waals surface area contributed by atoms with Gasteiger partial charge in [-0.1, -0.05) is 0 Å². The van der Waals surface area contributed by atoms with Gasteiger partial charge >= 0.3 is 12.1 Å². The van der Waals surface area contributed by atoms with Crippen LogP contribution in [0.5, 0.6) is 0 Å². The van der Waals surface area contributed by atoms with Gasteiger partial charge in [-0.15, -0.1) is 0 Å². The Hall–Kier alpha value is -1.30. The number of aliphatic hydroxyl groups is 1. The molecule has 0 aromatic carbocycles. The molecule has 0 unspecified atom stereocenters. The van der Waals surface area contributed by atoms with Crippen molar-refractivity contribution >= 4 is 12.1 Å². The number of carboxylic acids is 1. The van der Waals surface area contributed by atoms with Gasteiger partial charge < -0.3 is 14.9 Å². The average Bonchev–Trinajstić information content (AvgIpc) is 2.65. The number of carboxylic acid groups (broad SMARTS) is 1. The van der Waals surface area contributed by atoms with Crippen LogP contribution in [-0.4, -0.2) is 51.0 Å². The summed E-state index contributed by atoms with van der Waals surface area (Å²) in [7, 11) is 0. The van der Waals surface area contributed by atoms with Crippen molar-refractivity contribution < 1.29 is 24.5 Å². The first-order valence-corrected chi connectivity index (χ1v) is 7.11. The number of hydrogen-bond donors (Lipinski definition) is 2. The molecule has 0 spiro atoms. The van der Waals surface area contributed by atoms with Gasteiger partial charge in [0.15, 0.2) is 0 Å². The van der Waals surface area contributed by atoms with Crippen LogP contribution in [0.4, 0.5) is 4.79 Å². The topological polar surface area (TPSA) is 87.1 Å². The zero-order valence-corrected chi connectivity index (χ0v) is 12.2. The maximum Gasteiger partial charge on any atom is 0.411 e. The molecule has 2 N–H and O–H groups in total. The number of hydrogen-bond acceptors (Lipinski definition) is 4. The van der Waals surface area contributed by atoms with Crippen molar-refractivity contribution in [2.75, 3.05) is 0 Å². The molecule has 1 heterocycles. The average molecular weight is 285 g/mol. The van der Waals surface area contributed by atoms with Crippen LogP contribution < -0.4 is 0 Å². The molecule has 1 amide bonds. The molecule has 4 atom stereocenters. The second-order valence-electron chi connectivity index (χ2n) is 6.77. The number of amides is 1. The Morgan fingerprint density at radius 1 is 1.20 bits per heavy atom. The Kier molecular flexibility index (Phi) is 3.95. The summed E-state index contributed by atoms with van der Waals surface area (Å²) in [5, 5.41) is 19.1. The SMILES string of the molecule is CC(C)(C)OC(=O)N1[C@@H]2C[C@H](O)CC[C@@H]2C[C@H]1C(=O)O. The summed E-state index contributed by atoms with van der Waals surface area (Å²) in [6.07, 6.45) is 1.27. The van der Waals surface area contributed by atoms with Crippen LogP contribution in [0.25, 0.3) is 0 Å². The van der Waals surface area contributed by atoms with Gasteiger partial charge in [0.2, 0.25) is 0 Å². The number of fused-ring (bicyclic) bond motifs is 1. The van der Waals surface area contributed by atoms with Crippen molar-refractivity contribution in [2.45, 2.75) is 70.2 Å². The minimum Gasteiger partial charge on any atom is -0.480 e. The van der Waals surface area contributed by atoms with Gasteiger partial charge in [-0.2, -0.15) is 0 Å². The van der Waals surface area contributed by atoms with E-state index in [1.54, 1.807) is 20.8 Å². The molecule has 2 aliphatic rings. The van der Waals surface area contributed by atoms with Crippen LogP contribution in [0.1, 0.15) is 46.5 Å². The Bertz CT molecular complexity index is 403. The maximum atomic E-state index is 12.3. The van der Waals surface area contributed by atoms with Crippen LogP contribution >= 0.6 is 0 Å². The third kappa shape index (κ3) is 3.06. The molecular formula is C14H23NO5. The Morgan fingerprint density at radius 2 is 1.85 bits per heavy atom. The van der Waals surface area contributed by atoms with Gasteiger partial charge in [0, 0.05) is 6.04 Å². The zero-order chi connectivity index (χ0) is 15.1. The summed E-state index contributed by atoms with van der Waals surface area (Å²) in [6.45, 7) is 5.26. The molecular weight excluding hydrogens is 262 g/mol. The smallest absolute Gasteiger partial charge is 0.411 e. The molecule has 0 aromatic rings. The molecule has 0 aromatic heterocycles. The molecule has 1 aliphatic heterocycles. The molecule has 0 radical (unpaired) electrons. The van der Waals surface area contributed by atoms with E-state index < -0.39 is 29.8 Å². The van der Waals surface area contributed by atoms with E-state index in [4.69, 9.17) is 4.74 Å². The summed E-state index contributed by atoms with van der Waals surface area (Å²) in [4.78, 5) is 25.0. The zero-order valence-electron chi connectivity index (χ0n) is 12.2. The highest BCUT2D eigenvalue weighted by Crippen LogP contribution is 2.40. The monoisotopic (exact) mass is 285 g/mol. The predicted molar refractivity (Wildman–Crippen MR) is 71.2 cm³/mol. The summed E-state index contributed by atoms with van der Waals surface area (Å²) in [5.41, 5.74) is -0.661. The van der Waals surface area contributed by atoms with E-state index in [-0.39, 0.29) is 12.0 Å². The van der Waals surface area contributed by atoms with Crippen LogP contribution in [0.2, 0.25) is 0 Å². The molecule has 2 rings (SSSR count). The highest BCUT2D eigenvalue weighted by atomic mass is 16.6. The number of nitrogens with zero attached hydrogens (tertiary/aromatic N) is 1. The molecule has 1 saturated heterocycles. The number of carbonyl (C=O) groups is 2. The Labute approximate surface area is 118 Å². The third-order valence-corrected chi connectivity index (χ3v) is 4.04. The summed E-state index contributed by atoms with van der Waals surface area (Å²) >= 11 is 0. The third-order valence-electron chi connectivity index (χ3n) is 4.04. The normalized spacial score (nSPS) is 33.7. The van der Waals surface area contributed by atoms with E-state index in [1.807, 2.05) is 0 Å². The summed E-state index contributed by atoms with van der Waals surface area (Å²) in [6, 6.07) is -1.07. The van der Waals surface area contributed by atoms with Gasteiger partial charge in [0.05, 0.1) is 6.10 Å². The number of carbonyl (C=O) groups excluding carboxylic acids is 1. The number of aliphatic carboxylic acids is 1. The van der Waals surface area contributed by atoms with E-state index >= 15 is 0 Å². The first kappa shape index (κ1) is 15.1. The highest BCUT2D eigenvalue weighted by molar-refractivity contribution is 5.81. The lowest BCUT2D eigenvalue weighted by atomic mass is 9.83. The summed E-state index contributed by atoms with van der Waals surface area (Å²) < 4.78 is 5.33. The fraction of sp³-hybridized carbons (Fsp3) is 0.857. The van der Waals surface area contributed by atoms with E-state index in [9.17, 15) is 19.8 Å². The number of likely N-dealkylation sites (tertiary alicyclic amines) is 1. The number of ether oxygens (including phenoxy) is 1. The van der Waals surface area contributed by atoms with Crippen molar-refractivity contribution in [3.63, 3.8) is 0 Å². The van der Waals surface area contributed by atoms with Gasteiger partial charge in [0.25, 0.3) is 0 Å². The maximum absolute atomic E-state index is 12.3. The van der Waals surface area contributed by atoms with Gasteiger partial charge in [-0.05, 0) is 52.4 Å². The van der Waals surface area contributed by atoms with Crippen molar-refractivity contribution in [1.29, 1.82) is 0 Å². The minimum absolute atomic E-state index is 0.145. The van der Waals surface area contributed by atoms with E-state index in [2.05, 4.69) is 0 Å². The molecule has 0 bridgehead atoms. The van der Waals surface area contributed by atoms with Crippen LogP contribution in [0.15, 0.2) is 0 Å². The van der Waals surface area contributed by atoms with Crippen LogP contribution in [-0.2, 0) is 9.53 Å². The Morgan fingerprint density at radius 3 is 2.40 bits per heavy atom. The molecule has 6 nitrogen and oxygen atoms in total. The fourth-order valence-corrected chi connectivity index (χ4v) is 3.23. The van der Waals surface area contributed by atoms with Crippen LogP contribution in [0, 0.1) is 5.92 Å². The molecule has 1 aliphatic carbocycles. The number of rotatable bonds is 1. The van der Waals surface area contributed by atoms with Crippen molar-refractivity contribution in [3.8, 4) is 0 Å². The van der Waals surface area contributed by atoms with Crippen molar-refractivity contribution in [3.05, 3.63) is 0 Å². The molecule has 1 saturated carbocycles.